The van der Waals surface area contributed by atoms with Crippen LogP contribution in [0.3, 0.4) is 0 Å². The van der Waals surface area contributed by atoms with Gasteiger partial charge in [-0.25, -0.2) is 0 Å². The quantitative estimate of drug-likeness (QED) is 0.706. The van der Waals surface area contributed by atoms with Crippen LogP contribution in [0.2, 0.25) is 0 Å². The predicted octanol–water partition coefficient (Wildman–Crippen LogP) is 2.29. The van der Waals surface area contributed by atoms with Crippen molar-refractivity contribution in [2.45, 2.75) is 6.92 Å². The highest BCUT2D eigenvalue weighted by Crippen LogP contribution is 2.16. The normalized spacial score (nSPS) is 9.31. The minimum atomic E-state index is 0.287. The van der Waals surface area contributed by atoms with Crippen LogP contribution >= 0.6 is 12.2 Å². The Bertz CT molecular complexity index is 345. The molecule has 13 heavy (non-hydrogen) atoms. The fourth-order valence-electron chi connectivity index (χ4n) is 1.09. The Hall–Kier alpha value is -1.35. The van der Waals surface area contributed by atoms with Crippen molar-refractivity contribution in [2.75, 3.05) is 5.32 Å². The Morgan fingerprint density at radius 1 is 1.62 bits per heavy atom. The van der Waals surface area contributed by atoms with Crippen LogP contribution < -0.4 is 11.1 Å². The molecule has 0 spiro atoms. The van der Waals surface area contributed by atoms with Gasteiger partial charge < -0.3 is 11.1 Å². The molecule has 1 aromatic rings. The molecule has 0 atom stereocenters. The standard InChI is InChI=1S/C10H12N2S/c1-3-8-4-5-9(7(2)6-8)12-10(11)13/h3-6H,1H2,2H3,(H3,11,12,13). The van der Waals surface area contributed by atoms with Crippen molar-refractivity contribution in [2.24, 2.45) is 5.73 Å². The van der Waals surface area contributed by atoms with Crippen LogP contribution in [0.25, 0.3) is 6.08 Å². The summed E-state index contributed by atoms with van der Waals surface area (Å²) >= 11 is 4.74. The minimum absolute atomic E-state index is 0.287. The van der Waals surface area contributed by atoms with Crippen molar-refractivity contribution in [3.8, 4) is 0 Å². The van der Waals surface area contributed by atoms with E-state index >= 15 is 0 Å². The summed E-state index contributed by atoms with van der Waals surface area (Å²) in [7, 11) is 0. The van der Waals surface area contributed by atoms with Gasteiger partial charge >= 0.3 is 0 Å². The van der Waals surface area contributed by atoms with Crippen LogP contribution in [0.1, 0.15) is 11.1 Å². The van der Waals surface area contributed by atoms with Crippen molar-refractivity contribution in [1.82, 2.24) is 0 Å². The number of aryl methyl sites for hydroxylation is 1. The third-order valence-corrected chi connectivity index (χ3v) is 1.85. The lowest BCUT2D eigenvalue weighted by Crippen LogP contribution is -2.19. The number of hydrogen-bond acceptors (Lipinski definition) is 1. The van der Waals surface area contributed by atoms with Crippen LogP contribution in [0.4, 0.5) is 5.69 Å². The molecule has 0 aromatic heterocycles. The molecule has 0 amide bonds. The molecule has 68 valence electrons. The molecule has 3 N–H and O–H groups in total. The van der Waals surface area contributed by atoms with Crippen LogP contribution in [-0.4, -0.2) is 5.11 Å². The molecule has 0 aliphatic rings. The number of anilines is 1. The maximum Gasteiger partial charge on any atom is 0.168 e. The van der Waals surface area contributed by atoms with Gasteiger partial charge in [0.25, 0.3) is 0 Å². The van der Waals surface area contributed by atoms with Gasteiger partial charge in [-0.2, -0.15) is 0 Å². The molecular weight excluding hydrogens is 180 g/mol. The predicted molar refractivity (Wildman–Crippen MR) is 61.7 cm³/mol. The highest BCUT2D eigenvalue weighted by atomic mass is 32.1. The molecule has 2 nitrogen and oxygen atoms in total. The minimum Gasteiger partial charge on any atom is -0.376 e. The number of hydrogen-bond donors (Lipinski definition) is 2. The SMILES string of the molecule is C=Cc1ccc(NC(N)=S)c(C)c1. The lowest BCUT2D eigenvalue weighted by molar-refractivity contribution is 1.44. The average Bonchev–Trinajstić information content (AvgIpc) is 2.08. The fourth-order valence-corrected chi connectivity index (χ4v) is 1.20. The van der Waals surface area contributed by atoms with Gasteiger partial charge in [0.15, 0.2) is 5.11 Å². The number of nitrogens with two attached hydrogens (primary N) is 1. The first-order valence-corrected chi connectivity index (χ1v) is 4.34. The zero-order chi connectivity index (χ0) is 9.84. The van der Waals surface area contributed by atoms with E-state index in [1.54, 1.807) is 6.08 Å². The zero-order valence-electron chi connectivity index (χ0n) is 7.50. The Kier molecular flexibility index (Phi) is 3.03. The highest BCUT2D eigenvalue weighted by Gasteiger charge is 1.98. The van der Waals surface area contributed by atoms with E-state index in [4.69, 9.17) is 18.0 Å². The maximum atomic E-state index is 5.36. The molecule has 1 aromatic carbocycles. The van der Waals surface area contributed by atoms with Crippen molar-refractivity contribution in [3.63, 3.8) is 0 Å². The summed E-state index contributed by atoms with van der Waals surface area (Å²) in [5.74, 6) is 0. The molecule has 0 bridgehead atoms. The summed E-state index contributed by atoms with van der Waals surface area (Å²) < 4.78 is 0. The summed E-state index contributed by atoms with van der Waals surface area (Å²) in [5.41, 5.74) is 8.50. The van der Waals surface area contributed by atoms with E-state index in [1.807, 2.05) is 25.1 Å². The van der Waals surface area contributed by atoms with E-state index in [0.29, 0.717) is 0 Å². The van der Waals surface area contributed by atoms with Crippen molar-refractivity contribution < 1.29 is 0 Å². The zero-order valence-corrected chi connectivity index (χ0v) is 8.32. The molecule has 0 aliphatic heterocycles. The van der Waals surface area contributed by atoms with Gasteiger partial charge in [-0.1, -0.05) is 18.7 Å². The Balaban J connectivity index is 2.98. The number of benzene rings is 1. The van der Waals surface area contributed by atoms with E-state index in [1.165, 1.54) is 0 Å². The number of thiocarbonyl (C=S) groups is 1. The van der Waals surface area contributed by atoms with E-state index in [2.05, 4.69) is 11.9 Å². The second kappa shape index (κ2) is 4.05. The monoisotopic (exact) mass is 192 g/mol. The summed E-state index contributed by atoms with van der Waals surface area (Å²) in [6.45, 7) is 5.69. The molecule has 0 fully saturated rings. The second-order valence-electron chi connectivity index (χ2n) is 2.77. The lowest BCUT2D eigenvalue weighted by Gasteiger charge is -2.07. The maximum absolute atomic E-state index is 5.36. The van der Waals surface area contributed by atoms with Crippen LogP contribution in [0, 0.1) is 6.92 Å². The van der Waals surface area contributed by atoms with Gasteiger partial charge in [0.1, 0.15) is 0 Å². The molecular formula is C10H12N2S. The van der Waals surface area contributed by atoms with E-state index in [0.717, 1.165) is 16.8 Å². The molecule has 0 heterocycles. The van der Waals surface area contributed by atoms with Gasteiger partial charge in [0.2, 0.25) is 0 Å². The average molecular weight is 192 g/mol. The molecule has 3 heteroatoms. The largest absolute Gasteiger partial charge is 0.376 e. The number of rotatable bonds is 2. The van der Waals surface area contributed by atoms with Crippen molar-refractivity contribution in [3.05, 3.63) is 35.9 Å². The van der Waals surface area contributed by atoms with Crippen molar-refractivity contribution >= 4 is 29.1 Å². The van der Waals surface area contributed by atoms with Gasteiger partial charge in [0.05, 0.1) is 0 Å². The van der Waals surface area contributed by atoms with Gasteiger partial charge in [-0.15, -0.1) is 0 Å². The van der Waals surface area contributed by atoms with E-state index in [9.17, 15) is 0 Å². The summed E-state index contributed by atoms with van der Waals surface area (Å²) in [4.78, 5) is 0. The van der Waals surface area contributed by atoms with Crippen LogP contribution in [0.15, 0.2) is 24.8 Å². The first-order chi connectivity index (χ1) is 6.13. The molecule has 0 aliphatic carbocycles. The second-order valence-corrected chi connectivity index (χ2v) is 3.21. The summed E-state index contributed by atoms with van der Waals surface area (Å²) in [6.07, 6.45) is 1.80. The molecule has 0 radical (unpaired) electrons. The fraction of sp³-hybridized carbons (Fsp3) is 0.100. The summed E-state index contributed by atoms with van der Waals surface area (Å²) in [5, 5.41) is 3.19. The Morgan fingerprint density at radius 2 is 2.31 bits per heavy atom. The first-order valence-electron chi connectivity index (χ1n) is 3.93. The Labute approximate surface area is 83.5 Å². The third kappa shape index (κ3) is 2.56. The summed E-state index contributed by atoms with van der Waals surface area (Å²) in [6, 6.07) is 5.92. The first kappa shape index (κ1) is 9.74. The van der Waals surface area contributed by atoms with E-state index in [-0.39, 0.29) is 5.11 Å². The Morgan fingerprint density at radius 3 is 2.77 bits per heavy atom. The highest BCUT2D eigenvalue weighted by molar-refractivity contribution is 7.80. The van der Waals surface area contributed by atoms with Crippen LogP contribution in [-0.2, 0) is 0 Å². The molecule has 0 saturated heterocycles. The van der Waals surface area contributed by atoms with Gasteiger partial charge in [-0.05, 0) is 42.4 Å². The van der Waals surface area contributed by atoms with E-state index < -0.39 is 0 Å². The molecule has 0 saturated carbocycles. The third-order valence-electron chi connectivity index (χ3n) is 1.74. The molecule has 1 rings (SSSR count). The number of nitrogens with one attached hydrogen (secondary N) is 1. The topological polar surface area (TPSA) is 38.0 Å². The molecule has 0 unspecified atom stereocenters. The van der Waals surface area contributed by atoms with Crippen molar-refractivity contribution in [1.29, 1.82) is 0 Å². The van der Waals surface area contributed by atoms with Gasteiger partial charge in [0, 0.05) is 5.69 Å². The lowest BCUT2D eigenvalue weighted by atomic mass is 10.1. The van der Waals surface area contributed by atoms with Crippen LogP contribution in [0.5, 0.6) is 0 Å². The van der Waals surface area contributed by atoms with Gasteiger partial charge in [-0.3, -0.25) is 0 Å². The smallest absolute Gasteiger partial charge is 0.168 e.